The van der Waals surface area contributed by atoms with Crippen molar-refractivity contribution in [1.82, 2.24) is 0 Å². The number of methoxy groups -OCH3 is 1. The van der Waals surface area contributed by atoms with Crippen LogP contribution < -0.4 is 4.74 Å². The molecule has 0 saturated carbocycles. The largest absolute Gasteiger partial charge is 0.611 e. The number of rotatable bonds is 8. The molecule has 0 amide bonds. The van der Waals surface area contributed by atoms with Gasteiger partial charge >= 0.3 is 0 Å². The molecule has 1 atom stereocenters. The Hall–Kier alpha value is -0.230. The fourth-order valence-electron chi connectivity index (χ4n) is 1.16. The highest BCUT2D eigenvalue weighted by Crippen LogP contribution is 2.23. The quantitative estimate of drug-likeness (QED) is 0.411. The Morgan fingerprint density at radius 2 is 2.06 bits per heavy atom. The fraction of sp³-hybridized carbons (Fsp3) is 0.385. The molecule has 0 aliphatic carbocycles. The van der Waals surface area contributed by atoms with Crippen molar-refractivity contribution < 1.29 is 9.29 Å². The molecule has 5 heteroatoms. The first-order valence-corrected chi connectivity index (χ1v) is 9.43. The molecule has 0 aliphatic heterocycles. The van der Waals surface area contributed by atoms with E-state index in [1.54, 1.807) is 17.9 Å². The minimum absolute atomic E-state index is 0.562. The van der Waals surface area contributed by atoms with Crippen LogP contribution in [0.1, 0.15) is 13.3 Å². The molecule has 2 nitrogen and oxygen atoms in total. The highest BCUT2D eigenvalue weighted by atomic mass is 33.1. The zero-order valence-corrected chi connectivity index (χ0v) is 13.1. The first-order valence-electron chi connectivity index (χ1n) is 5.73. The van der Waals surface area contributed by atoms with Gasteiger partial charge in [0.2, 0.25) is 0 Å². The van der Waals surface area contributed by atoms with Gasteiger partial charge in [-0.25, -0.2) is 0 Å². The van der Waals surface area contributed by atoms with Crippen molar-refractivity contribution in [2.75, 3.05) is 18.6 Å². The number of hydrogen-bond donors (Lipinski definition) is 0. The molecule has 0 fully saturated rings. The fourth-order valence-corrected chi connectivity index (χ4v) is 3.96. The van der Waals surface area contributed by atoms with E-state index in [1.807, 2.05) is 46.5 Å². The molecule has 0 radical (unpaired) electrons. The van der Waals surface area contributed by atoms with Crippen molar-refractivity contribution in [3.05, 3.63) is 35.7 Å². The van der Waals surface area contributed by atoms with Crippen LogP contribution in [-0.2, 0) is 11.2 Å². The van der Waals surface area contributed by atoms with E-state index in [9.17, 15) is 4.55 Å². The van der Waals surface area contributed by atoms with Crippen LogP contribution in [0.15, 0.2) is 40.6 Å². The van der Waals surface area contributed by atoms with E-state index >= 15 is 0 Å². The van der Waals surface area contributed by atoms with Crippen LogP contribution in [0.25, 0.3) is 0 Å². The van der Waals surface area contributed by atoms with Gasteiger partial charge in [0, 0.05) is 5.75 Å². The second kappa shape index (κ2) is 9.67. The summed E-state index contributed by atoms with van der Waals surface area (Å²) in [4.78, 5) is 0.840. The summed E-state index contributed by atoms with van der Waals surface area (Å²) >= 11 is -0.966. The van der Waals surface area contributed by atoms with E-state index < -0.39 is 11.2 Å². The zero-order chi connectivity index (χ0) is 13.2. The van der Waals surface area contributed by atoms with E-state index in [0.29, 0.717) is 5.75 Å². The molecule has 0 bridgehead atoms. The molecule has 0 saturated heterocycles. The Bertz CT molecular complexity index is 352. The van der Waals surface area contributed by atoms with Crippen LogP contribution in [0.3, 0.4) is 0 Å². The van der Waals surface area contributed by atoms with Gasteiger partial charge in [-0.2, -0.15) is 0 Å². The summed E-state index contributed by atoms with van der Waals surface area (Å²) in [5, 5.41) is 2.02. The van der Waals surface area contributed by atoms with Crippen molar-refractivity contribution in [3.8, 4) is 5.75 Å². The third-order valence-electron chi connectivity index (χ3n) is 2.08. The molecule has 1 aromatic rings. The molecule has 100 valence electrons. The van der Waals surface area contributed by atoms with E-state index in [0.717, 1.165) is 16.4 Å². The summed E-state index contributed by atoms with van der Waals surface area (Å²) in [5.41, 5.74) is 0. The van der Waals surface area contributed by atoms with Crippen LogP contribution in [0.2, 0.25) is 0 Å². The molecular weight excluding hydrogens is 284 g/mol. The summed E-state index contributed by atoms with van der Waals surface area (Å²) in [6.45, 7) is 2.16. The summed E-state index contributed by atoms with van der Waals surface area (Å²) < 4.78 is 17.0. The average molecular weight is 302 g/mol. The monoisotopic (exact) mass is 302 g/mol. The molecule has 1 unspecified atom stereocenters. The van der Waals surface area contributed by atoms with Crippen LogP contribution in [-0.4, -0.2) is 23.2 Å². The summed E-state index contributed by atoms with van der Waals surface area (Å²) in [7, 11) is 5.15. The molecule has 0 N–H and O–H groups in total. The van der Waals surface area contributed by atoms with E-state index in [4.69, 9.17) is 4.74 Å². The Morgan fingerprint density at radius 1 is 1.33 bits per heavy atom. The van der Waals surface area contributed by atoms with Gasteiger partial charge < -0.3 is 9.29 Å². The molecular formula is C13H18O2S3. The van der Waals surface area contributed by atoms with Gasteiger partial charge in [-0.05, 0) is 53.3 Å². The van der Waals surface area contributed by atoms with E-state index in [1.165, 1.54) is 6.42 Å². The predicted octanol–water partition coefficient (Wildman–Crippen LogP) is 4.11. The lowest BCUT2D eigenvalue weighted by atomic mass is 10.3. The smallest absolute Gasteiger partial charge is 0.153 e. The molecule has 1 rings (SSSR count). The van der Waals surface area contributed by atoms with E-state index in [-0.39, 0.29) is 0 Å². The maximum atomic E-state index is 11.9. The van der Waals surface area contributed by atoms with Gasteiger partial charge in [0.1, 0.15) is 11.5 Å². The third kappa shape index (κ3) is 6.09. The lowest BCUT2D eigenvalue weighted by Gasteiger charge is -2.08. The second-order valence-electron chi connectivity index (χ2n) is 3.48. The summed E-state index contributed by atoms with van der Waals surface area (Å²) in [6, 6.07) is 7.37. The highest BCUT2D eigenvalue weighted by molar-refractivity contribution is 8.77. The maximum Gasteiger partial charge on any atom is 0.153 e. The maximum absolute atomic E-state index is 11.9. The Labute approximate surface area is 120 Å². The predicted molar refractivity (Wildman–Crippen MR) is 83.7 cm³/mol. The Kier molecular flexibility index (Phi) is 8.50. The van der Waals surface area contributed by atoms with Gasteiger partial charge in [0.15, 0.2) is 4.90 Å². The topological polar surface area (TPSA) is 32.3 Å². The lowest BCUT2D eigenvalue weighted by molar-refractivity contribution is 0.414. The van der Waals surface area contributed by atoms with E-state index in [2.05, 4.69) is 6.92 Å². The standard InChI is InChI=1S/C13H18O2S3/c1-3-9-16-17-10-4-11-18(14)13-7-5-12(15-2)6-8-13/h4-8,10H,3,9,11H2,1-2H3/b10-4-. The average Bonchev–Trinajstić information content (AvgIpc) is 2.42. The van der Waals surface area contributed by atoms with Crippen molar-refractivity contribution in [1.29, 1.82) is 0 Å². The Morgan fingerprint density at radius 3 is 2.67 bits per heavy atom. The first-order chi connectivity index (χ1) is 8.77. The molecule has 18 heavy (non-hydrogen) atoms. The van der Waals surface area contributed by atoms with Gasteiger partial charge in [0.25, 0.3) is 0 Å². The van der Waals surface area contributed by atoms with Crippen LogP contribution >= 0.6 is 21.6 Å². The second-order valence-corrected chi connectivity index (χ2v) is 7.37. The molecule has 1 aromatic carbocycles. The zero-order valence-electron chi connectivity index (χ0n) is 10.6. The Balaban J connectivity index is 2.32. The molecule has 0 spiro atoms. The lowest BCUT2D eigenvalue weighted by Crippen LogP contribution is -2.04. The van der Waals surface area contributed by atoms with Crippen LogP contribution in [0, 0.1) is 0 Å². The molecule has 0 heterocycles. The first kappa shape index (κ1) is 15.8. The number of benzene rings is 1. The van der Waals surface area contributed by atoms with Gasteiger partial charge in [-0.1, -0.05) is 28.5 Å². The minimum Gasteiger partial charge on any atom is -0.611 e. The van der Waals surface area contributed by atoms with Crippen molar-refractivity contribution >= 4 is 32.8 Å². The van der Waals surface area contributed by atoms with Crippen molar-refractivity contribution in [2.45, 2.75) is 18.2 Å². The molecule has 0 aliphatic rings. The summed E-state index contributed by atoms with van der Waals surface area (Å²) in [5.74, 6) is 2.50. The van der Waals surface area contributed by atoms with Crippen LogP contribution in [0.4, 0.5) is 0 Å². The van der Waals surface area contributed by atoms with Crippen molar-refractivity contribution in [2.24, 2.45) is 0 Å². The molecule has 0 aromatic heterocycles. The SMILES string of the molecule is CCCSS/C=C\C[S+]([O-])c1ccc(OC)cc1. The minimum atomic E-state index is -0.966. The normalized spacial score (nSPS) is 12.8. The summed E-state index contributed by atoms with van der Waals surface area (Å²) in [6.07, 6.45) is 3.15. The highest BCUT2D eigenvalue weighted by Gasteiger charge is 2.08. The number of ether oxygens (including phenoxy) is 1. The van der Waals surface area contributed by atoms with Gasteiger partial charge in [-0.15, -0.1) is 0 Å². The third-order valence-corrected chi connectivity index (χ3v) is 5.63. The van der Waals surface area contributed by atoms with Crippen LogP contribution in [0.5, 0.6) is 5.75 Å². The number of hydrogen-bond acceptors (Lipinski definition) is 4. The van der Waals surface area contributed by atoms with Gasteiger partial charge in [0.05, 0.1) is 7.11 Å². The van der Waals surface area contributed by atoms with Gasteiger partial charge in [-0.3, -0.25) is 0 Å². The van der Waals surface area contributed by atoms with Crippen molar-refractivity contribution in [3.63, 3.8) is 0 Å².